The highest BCUT2D eigenvalue weighted by atomic mass is 16.5. The number of ether oxygens (including phenoxy) is 1. The number of methoxy groups -OCH3 is 1. The molecule has 1 N–H and O–H groups in total. The van der Waals surface area contributed by atoms with Gasteiger partial charge in [0.25, 0.3) is 0 Å². The van der Waals surface area contributed by atoms with Crippen molar-refractivity contribution in [2.75, 3.05) is 7.11 Å². The highest BCUT2D eigenvalue weighted by Gasteiger charge is 2.11. The largest absolute Gasteiger partial charge is 0.511 e. The molecule has 0 radical (unpaired) electrons. The lowest BCUT2D eigenvalue weighted by atomic mass is 10.2. The number of nitrogens with zero attached hydrogens (tertiary/aromatic N) is 1. The van der Waals surface area contributed by atoms with Crippen LogP contribution in [-0.2, 0) is 9.53 Å². The van der Waals surface area contributed by atoms with Gasteiger partial charge in [-0.05, 0) is 6.92 Å². The standard InChI is InChI=1S/C6H7NO3/c1-4(8)5(3-7)6(9)10-2/h8H,1-2H3/b5-4+. The van der Waals surface area contributed by atoms with E-state index in [4.69, 9.17) is 10.4 Å². The number of allylic oxidation sites excluding steroid dienone is 1. The lowest BCUT2D eigenvalue weighted by Gasteiger charge is -1.95. The Balaban J connectivity index is 4.59. The smallest absolute Gasteiger partial charge is 0.352 e. The summed E-state index contributed by atoms with van der Waals surface area (Å²) in [6, 6.07) is 1.51. The summed E-state index contributed by atoms with van der Waals surface area (Å²) in [4.78, 5) is 10.5. The quantitative estimate of drug-likeness (QED) is 0.250. The molecule has 4 nitrogen and oxygen atoms in total. The first-order chi connectivity index (χ1) is 4.63. The van der Waals surface area contributed by atoms with E-state index in [0.29, 0.717) is 0 Å². The van der Waals surface area contributed by atoms with Gasteiger partial charge in [-0.2, -0.15) is 5.26 Å². The fraction of sp³-hybridized carbons (Fsp3) is 0.333. The number of rotatable bonds is 1. The number of nitriles is 1. The highest BCUT2D eigenvalue weighted by Crippen LogP contribution is 2.00. The molecule has 0 saturated heterocycles. The third kappa shape index (κ3) is 1.78. The van der Waals surface area contributed by atoms with Crippen LogP contribution in [0.1, 0.15) is 6.92 Å². The number of aliphatic hydroxyl groups is 1. The van der Waals surface area contributed by atoms with Crippen molar-refractivity contribution in [3.8, 4) is 6.07 Å². The average Bonchev–Trinajstić information content (AvgIpc) is 1.88. The van der Waals surface area contributed by atoms with Crippen LogP contribution >= 0.6 is 0 Å². The summed E-state index contributed by atoms with van der Waals surface area (Å²) in [5.74, 6) is -1.14. The van der Waals surface area contributed by atoms with Gasteiger partial charge in [0.2, 0.25) is 0 Å². The summed E-state index contributed by atoms with van der Waals surface area (Å²) in [5.41, 5.74) is -0.359. The molecular weight excluding hydrogens is 134 g/mol. The van der Waals surface area contributed by atoms with E-state index in [9.17, 15) is 4.79 Å². The van der Waals surface area contributed by atoms with Gasteiger partial charge in [-0.1, -0.05) is 0 Å². The fourth-order valence-electron chi connectivity index (χ4n) is 0.376. The minimum atomic E-state index is -0.817. The van der Waals surface area contributed by atoms with E-state index in [1.807, 2.05) is 0 Å². The molecule has 0 saturated carbocycles. The van der Waals surface area contributed by atoms with Gasteiger partial charge in [0, 0.05) is 0 Å². The van der Waals surface area contributed by atoms with Crippen molar-refractivity contribution in [3.63, 3.8) is 0 Å². The monoisotopic (exact) mass is 141 g/mol. The molecule has 0 unspecified atom stereocenters. The van der Waals surface area contributed by atoms with Crippen molar-refractivity contribution in [3.05, 3.63) is 11.3 Å². The van der Waals surface area contributed by atoms with Crippen LogP contribution in [0.4, 0.5) is 0 Å². The Hall–Kier alpha value is -1.50. The van der Waals surface area contributed by atoms with Gasteiger partial charge in [0.15, 0.2) is 5.57 Å². The predicted molar refractivity (Wildman–Crippen MR) is 33.0 cm³/mol. The van der Waals surface area contributed by atoms with E-state index < -0.39 is 5.97 Å². The predicted octanol–water partition coefficient (Wildman–Crippen LogP) is 0.515. The molecule has 10 heavy (non-hydrogen) atoms. The second-order valence-electron chi connectivity index (χ2n) is 1.56. The van der Waals surface area contributed by atoms with E-state index >= 15 is 0 Å². The van der Waals surface area contributed by atoms with Crippen molar-refractivity contribution in [2.45, 2.75) is 6.92 Å². The first kappa shape index (κ1) is 8.50. The summed E-state index contributed by atoms with van der Waals surface area (Å²) in [6.07, 6.45) is 0. The molecule has 0 rings (SSSR count). The first-order valence-electron chi connectivity index (χ1n) is 2.51. The fourth-order valence-corrected chi connectivity index (χ4v) is 0.376. The lowest BCUT2D eigenvalue weighted by molar-refractivity contribution is -0.135. The second-order valence-corrected chi connectivity index (χ2v) is 1.56. The van der Waals surface area contributed by atoms with E-state index in [1.165, 1.54) is 13.0 Å². The van der Waals surface area contributed by atoms with Gasteiger partial charge in [0.1, 0.15) is 11.8 Å². The van der Waals surface area contributed by atoms with Gasteiger partial charge >= 0.3 is 5.97 Å². The van der Waals surface area contributed by atoms with Gasteiger partial charge in [-0.25, -0.2) is 4.79 Å². The third-order valence-corrected chi connectivity index (χ3v) is 0.863. The molecule has 0 spiro atoms. The Morgan fingerprint density at radius 2 is 2.20 bits per heavy atom. The van der Waals surface area contributed by atoms with Crippen LogP contribution in [0.15, 0.2) is 11.3 Å². The average molecular weight is 141 g/mol. The minimum absolute atomic E-state index is 0.325. The van der Waals surface area contributed by atoms with Gasteiger partial charge in [-0.15, -0.1) is 0 Å². The molecule has 0 atom stereocenters. The minimum Gasteiger partial charge on any atom is -0.511 e. The number of aliphatic hydroxyl groups excluding tert-OH is 1. The number of esters is 1. The Labute approximate surface area is 58.3 Å². The Kier molecular flexibility index (Phi) is 2.98. The van der Waals surface area contributed by atoms with E-state index in [0.717, 1.165) is 7.11 Å². The molecule has 0 bridgehead atoms. The van der Waals surface area contributed by atoms with Crippen molar-refractivity contribution in [1.82, 2.24) is 0 Å². The summed E-state index contributed by atoms with van der Waals surface area (Å²) in [7, 11) is 1.14. The van der Waals surface area contributed by atoms with Crippen LogP contribution in [0.3, 0.4) is 0 Å². The first-order valence-corrected chi connectivity index (χ1v) is 2.51. The molecule has 0 aliphatic carbocycles. The van der Waals surface area contributed by atoms with Crippen LogP contribution in [0.25, 0.3) is 0 Å². The number of hydrogen-bond donors (Lipinski definition) is 1. The molecule has 0 aromatic heterocycles. The topological polar surface area (TPSA) is 70.3 Å². The molecular formula is C6H7NO3. The zero-order valence-electron chi connectivity index (χ0n) is 5.71. The van der Waals surface area contributed by atoms with Crippen molar-refractivity contribution in [1.29, 1.82) is 5.26 Å². The van der Waals surface area contributed by atoms with E-state index in [1.54, 1.807) is 0 Å². The molecule has 0 aromatic carbocycles. The van der Waals surface area contributed by atoms with Gasteiger partial charge < -0.3 is 9.84 Å². The third-order valence-electron chi connectivity index (χ3n) is 0.863. The van der Waals surface area contributed by atoms with Gasteiger partial charge in [0.05, 0.1) is 7.11 Å². The second kappa shape index (κ2) is 3.51. The molecule has 0 amide bonds. The number of carbonyl (C=O) groups excluding carboxylic acids is 1. The maximum Gasteiger partial charge on any atom is 0.352 e. The molecule has 0 aromatic rings. The molecule has 4 heteroatoms. The number of hydrogen-bond acceptors (Lipinski definition) is 4. The maximum atomic E-state index is 10.5. The summed E-state index contributed by atoms with van der Waals surface area (Å²) in [6.45, 7) is 1.25. The maximum absolute atomic E-state index is 10.5. The Morgan fingerprint density at radius 3 is 2.30 bits per heavy atom. The molecule has 0 fully saturated rings. The SMILES string of the molecule is COC(=O)/C(C#N)=C(\C)O. The van der Waals surface area contributed by atoms with Crippen LogP contribution in [0.5, 0.6) is 0 Å². The van der Waals surface area contributed by atoms with E-state index in [2.05, 4.69) is 4.74 Å². The van der Waals surface area contributed by atoms with Gasteiger partial charge in [-0.3, -0.25) is 0 Å². The Bertz CT molecular complexity index is 208. The number of carbonyl (C=O) groups is 1. The normalized spacial score (nSPS) is 11.3. The highest BCUT2D eigenvalue weighted by molar-refractivity contribution is 5.92. The van der Waals surface area contributed by atoms with Crippen molar-refractivity contribution >= 4 is 5.97 Å². The van der Waals surface area contributed by atoms with E-state index in [-0.39, 0.29) is 11.3 Å². The van der Waals surface area contributed by atoms with Crippen LogP contribution in [0, 0.1) is 11.3 Å². The van der Waals surface area contributed by atoms with Crippen LogP contribution in [-0.4, -0.2) is 18.2 Å². The summed E-state index contributed by atoms with van der Waals surface area (Å²) >= 11 is 0. The molecule has 0 aliphatic heterocycles. The van der Waals surface area contributed by atoms with Crippen molar-refractivity contribution < 1.29 is 14.6 Å². The van der Waals surface area contributed by atoms with Crippen molar-refractivity contribution in [2.24, 2.45) is 0 Å². The lowest BCUT2D eigenvalue weighted by Crippen LogP contribution is -2.04. The summed E-state index contributed by atoms with van der Waals surface area (Å²) < 4.78 is 4.19. The molecule has 54 valence electrons. The zero-order valence-corrected chi connectivity index (χ0v) is 5.71. The molecule has 0 aliphatic rings. The van der Waals surface area contributed by atoms with Crippen LogP contribution in [0.2, 0.25) is 0 Å². The zero-order chi connectivity index (χ0) is 8.15. The molecule has 0 heterocycles. The summed E-state index contributed by atoms with van der Waals surface area (Å²) in [5, 5.41) is 16.9. The van der Waals surface area contributed by atoms with Crippen LogP contribution < -0.4 is 0 Å². The Morgan fingerprint density at radius 1 is 1.70 bits per heavy atom.